The third-order valence-corrected chi connectivity index (χ3v) is 15.6. The van der Waals surface area contributed by atoms with E-state index >= 15 is 0 Å². The number of hydrogen-bond donors (Lipinski definition) is 0. The Balaban J connectivity index is 0.952. The molecule has 1 saturated carbocycles. The van der Waals surface area contributed by atoms with Crippen LogP contribution in [0, 0.1) is 5.92 Å². The van der Waals surface area contributed by atoms with Gasteiger partial charge in [-0.2, -0.15) is 0 Å². The molecule has 0 N–H and O–H groups in total. The highest BCUT2D eigenvalue weighted by Crippen LogP contribution is 2.54. The fraction of sp³-hybridized carbons (Fsp3) is 0.176. The van der Waals surface area contributed by atoms with Crippen molar-refractivity contribution in [2.24, 2.45) is 5.92 Å². The van der Waals surface area contributed by atoms with E-state index in [0.29, 0.717) is 11.8 Å². The van der Waals surface area contributed by atoms with Crippen molar-refractivity contribution in [1.82, 2.24) is 0 Å². The minimum absolute atomic E-state index is 0.111. The lowest BCUT2D eigenvalue weighted by atomic mass is 9.78. The Bertz CT molecular complexity index is 3420. The third-order valence-electron chi connectivity index (χ3n) is 15.6. The lowest BCUT2D eigenvalue weighted by Gasteiger charge is -2.31. The normalized spacial score (nSPS) is 16.2. The summed E-state index contributed by atoms with van der Waals surface area (Å²) in [6.07, 6.45) is 12.5. The van der Waals surface area contributed by atoms with Crippen LogP contribution in [0.3, 0.4) is 0 Å². The smallest absolute Gasteiger partial charge is 0.0546 e. The first-order valence-electron chi connectivity index (χ1n) is 25.6. The Labute approximate surface area is 414 Å². The van der Waals surface area contributed by atoms with Gasteiger partial charge in [-0.05, 0) is 176 Å². The van der Waals surface area contributed by atoms with Crippen molar-refractivity contribution in [3.63, 3.8) is 0 Å². The number of allylic oxidation sites excluding steroid dienone is 4. The number of nitrogens with zero attached hydrogens (tertiary/aromatic N) is 2. The predicted molar refractivity (Wildman–Crippen MR) is 298 cm³/mol. The molecule has 0 heterocycles. The molecule has 70 heavy (non-hydrogen) atoms. The molecule has 12 rings (SSSR count). The Kier molecular flexibility index (Phi) is 11.4. The van der Waals surface area contributed by atoms with Crippen LogP contribution in [0.1, 0.15) is 81.9 Å². The van der Waals surface area contributed by atoms with E-state index in [9.17, 15) is 0 Å². The van der Waals surface area contributed by atoms with Crippen LogP contribution in [-0.2, 0) is 5.41 Å². The van der Waals surface area contributed by atoms with Crippen molar-refractivity contribution in [2.75, 3.05) is 9.80 Å². The van der Waals surface area contributed by atoms with E-state index in [0.717, 1.165) is 34.9 Å². The van der Waals surface area contributed by atoms with Crippen LogP contribution in [0.25, 0.3) is 49.7 Å². The minimum atomic E-state index is -0.111. The summed E-state index contributed by atoms with van der Waals surface area (Å²) in [5.74, 6) is 1.17. The van der Waals surface area contributed by atoms with Gasteiger partial charge in [0, 0.05) is 39.4 Å². The van der Waals surface area contributed by atoms with Gasteiger partial charge in [0.1, 0.15) is 0 Å². The van der Waals surface area contributed by atoms with E-state index in [4.69, 9.17) is 0 Å². The molecule has 9 aromatic carbocycles. The van der Waals surface area contributed by atoms with Gasteiger partial charge in [0.25, 0.3) is 0 Å². The molecule has 0 radical (unpaired) electrons. The summed E-state index contributed by atoms with van der Waals surface area (Å²) >= 11 is 0. The Hall–Kier alpha value is -7.68. The van der Waals surface area contributed by atoms with Gasteiger partial charge in [-0.15, -0.1) is 0 Å². The second kappa shape index (κ2) is 18.3. The van der Waals surface area contributed by atoms with Crippen LogP contribution in [0.15, 0.2) is 230 Å². The SMILES string of the molecule is CC1CC=CC2=C1c1ccc(N(c3cccc(-c4cccc(-c5cccc(N(c6ccccc6)c6ccc(C7CCCCC7)cc6)c5)c4)c3)c3cc4ccccc4cc3-c3ccccc3)cc1C2(C)C. The third kappa shape index (κ3) is 8.06. The molecule has 9 aromatic rings. The monoisotopic (exact) mass is 904 g/mol. The average Bonchev–Trinajstić information content (AvgIpc) is 3.65. The number of anilines is 6. The molecule has 342 valence electrons. The number of para-hydroxylation sites is 1. The summed E-state index contributed by atoms with van der Waals surface area (Å²) in [7, 11) is 0. The van der Waals surface area contributed by atoms with E-state index in [1.165, 1.54) is 110 Å². The molecule has 0 amide bonds. The zero-order valence-corrected chi connectivity index (χ0v) is 40.7. The predicted octanol–water partition coefficient (Wildman–Crippen LogP) is 19.5. The van der Waals surface area contributed by atoms with Crippen LogP contribution < -0.4 is 9.80 Å². The minimum Gasteiger partial charge on any atom is -0.310 e. The number of rotatable bonds is 10. The first-order chi connectivity index (χ1) is 34.4. The summed E-state index contributed by atoms with van der Waals surface area (Å²) in [6, 6.07) is 79.2. The van der Waals surface area contributed by atoms with Gasteiger partial charge in [-0.3, -0.25) is 0 Å². The maximum atomic E-state index is 2.51. The van der Waals surface area contributed by atoms with Gasteiger partial charge in [0.15, 0.2) is 0 Å². The second-order valence-corrected chi connectivity index (χ2v) is 20.4. The fourth-order valence-electron chi connectivity index (χ4n) is 12.0. The summed E-state index contributed by atoms with van der Waals surface area (Å²) < 4.78 is 0. The number of benzene rings is 9. The Morgan fingerprint density at radius 2 is 0.957 bits per heavy atom. The fourth-order valence-corrected chi connectivity index (χ4v) is 12.0. The van der Waals surface area contributed by atoms with E-state index in [2.05, 4.69) is 255 Å². The summed E-state index contributed by atoms with van der Waals surface area (Å²) in [4.78, 5) is 4.91. The highest BCUT2D eigenvalue weighted by Gasteiger charge is 2.39. The maximum Gasteiger partial charge on any atom is 0.0546 e. The van der Waals surface area contributed by atoms with Crippen LogP contribution in [0.5, 0.6) is 0 Å². The van der Waals surface area contributed by atoms with E-state index < -0.39 is 0 Å². The average molecular weight is 905 g/mol. The summed E-state index contributed by atoms with van der Waals surface area (Å²) in [6.45, 7) is 7.21. The van der Waals surface area contributed by atoms with Gasteiger partial charge in [0.05, 0.1) is 5.69 Å². The van der Waals surface area contributed by atoms with Crippen LogP contribution in [-0.4, -0.2) is 0 Å². The molecular weight excluding hydrogens is 845 g/mol. The molecule has 3 aliphatic carbocycles. The molecule has 0 aromatic heterocycles. The lowest BCUT2D eigenvalue weighted by Crippen LogP contribution is -2.18. The Morgan fingerprint density at radius 3 is 1.64 bits per heavy atom. The van der Waals surface area contributed by atoms with Crippen LogP contribution in [0.4, 0.5) is 34.1 Å². The molecule has 1 unspecified atom stereocenters. The number of hydrogen-bond acceptors (Lipinski definition) is 2. The van der Waals surface area contributed by atoms with Gasteiger partial charge < -0.3 is 9.80 Å². The standard InChI is InChI=1S/C68H60N2/c1-47-19-15-34-64-67(47)62-40-39-61(46-65(62)68(64,2)3)70(66-45-56-25-14-13-24-55(56)44-63(66)50-22-9-5-10-23-50)60-33-18-29-54(43-60)52-27-16-26-51(41-52)53-28-17-32-59(42-53)69(57-30-11-6-12-31-57)58-37-35-49(36-38-58)48-20-7-4-8-21-48/h5-6,9-18,22-48H,4,7-8,19-21H2,1-3H3. The quantitative estimate of drug-likeness (QED) is 0.135. The van der Waals surface area contributed by atoms with Crippen LogP contribution in [0.2, 0.25) is 0 Å². The van der Waals surface area contributed by atoms with Crippen LogP contribution >= 0.6 is 0 Å². The molecule has 1 atom stereocenters. The molecule has 0 saturated heterocycles. The molecule has 2 nitrogen and oxygen atoms in total. The van der Waals surface area contributed by atoms with Gasteiger partial charge in [-0.1, -0.05) is 186 Å². The van der Waals surface area contributed by atoms with E-state index in [-0.39, 0.29) is 5.41 Å². The van der Waals surface area contributed by atoms with Crippen molar-refractivity contribution in [2.45, 2.75) is 70.6 Å². The maximum absolute atomic E-state index is 2.51. The van der Waals surface area contributed by atoms with E-state index in [1.54, 1.807) is 0 Å². The summed E-state index contributed by atoms with van der Waals surface area (Å²) in [5, 5.41) is 2.44. The highest BCUT2D eigenvalue weighted by molar-refractivity contribution is 5.99. The molecule has 2 heteroatoms. The largest absolute Gasteiger partial charge is 0.310 e. The Morgan fingerprint density at radius 1 is 0.429 bits per heavy atom. The van der Waals surface area contributed by atoms with E-state index in [1.807, 2.05) is 0 Å². The van der Waals surface area contributed by atoms with Crippen molar-refractivity contribution in [1.29, 1.82) is 0 Å². The first-order valence-corrected chi connectivity index (χ1v) is 25.6. The van der Waals surface area contributed by atoms with Gasteiger partial charge in [0.2, 0.25) is 0 Å². The second-order valence-electron chi connectivity index (χ2n) is 20.4. The summed E-state index contributed by atoms with van der Waals surface area (Å²) in [5.41, 5.74) is 21.1. The van der Waals surface area contributed by atoms with Gasteiger partial charge in [-0.25, -0.2) is 0 Å². The molecular formula is C68H60N2. The topological polar surface area (TPSA) is 6.48 Å². The van der Waals surface area contributed by atoms with Crippen molar-refractivity contribution in [3.05, 3.63) is 247 Å². The molecule has 1 fully saturated rings. The molecule has 0 spiro atoms. The molecule has 3 aliphatic rings. The zero-order chi connectivity index (χ0) is 47.2. The van der Waals surface area contributed by atoms with Gasteiger partial charge >= 0.3 is 0 Å². The first kappa shape index (κ1) is 43.6. The van der Waals surface area contributed by atoms with Crippen molar-refractivity contribution in [3.8, 4) is 33.4 Å². The van der Waals surface area contributed by atoms with Crippen molar-refractivity contribution < 1.29 is 0 Å². The number of fused-ring (bicyclic) bond motifs is 3. The molecule has 0 aliphatic heterocycles. The molecule has 0 bridgehead atoms. The highest BCUT2D eigenvalue weighted by atomic mass is 15.1. The lowest BCUT2D eigenvalue weighted by molar-refractivity contribution is 0.443. The van der Waals surface area contributed by atoms with Crippen molar-refractivity contribution >= 4 is 50.5 Å². The zero-order valence-electron chi connectivity index (χ0n) is 40.7.